The lowest BCUT2D eigenvalue weighted by atomic mass is 10.1. The van der Waals surface area contributed by atoms with Crippen molar-refractivity contribution in [3.63, 3.8) is 0 Å². The Kier molecular flexibility index (Phi) is 5.42. The van der Waals surface area contributed by atoms with Crippen LogP contribution in [0.3, 0.4) is 0 Å². The molecule has 0 unspecified atom stereocenters. The molecule has 24 heavy (non-hydrogen) atoms. The van der Waals surface area contributed by atoms with Crippen LogP contribution in [-0.2, 0) is 10.0 Å². The maximum absolute atomic E-state index is 14.0. The topological polar surface area (TPSA) is 80.5 Å². The molecule has 2 N–H and O–H groups in total. The van der Waals surface area contributed by atoms with Gasteiger partial charge in [0.25, 0.3) is 5.91 Å². The molecule has 1 atom stereocenters. The van der Waals surface area contributed by atoms with Gasteiger partial charge in [-0.1, -0.05) is 28.1 Å². The predicted octanol–water partition coefficient (Wildman–Crippen LogP) is 3.07. The zero-order chi connectivity index (χ0) is 18.1. The molecule has 8 heteroatoms. The maximum Gasteiger partial charge on any atom is 0.257 e. The monoisotopic (exact) mass is 414 g/mol. The quantitative estimate of drug-likeness (QED) is 0.834. The molecule has 0 aliphatic carbocycles. The maximum atomic E-state index is 14.0. The van der Waals surface area contributed by atoms with Gasteiger partial charge in [-0.05, 0) is 42.8 Å². The number of nitrogens with zero attached hydrogens (tertiary/aromatic N) is 1. The van der Waals surface area contributed by atoms with E-state index in [-0.39, 0.29) is 16.5 Å². The van der Waals surface area contributed by atoms with Gasteiger partial charge in [0.05, 0.1) is 16.5 Å². The number of carbonyl (C=O) groups excluding carboxylic acids is 1. The molecule has 0 saturated heterocycles. The first-order chi connectivity index (χ1) is 11.1. The van der Waals surface area contributed by atoms with E-state index >= 15 is 0 Å². The number of halogens is 2. The minimum Gasteiger partial charge on any atom is -0.335 e. The van der Waals surface area contributed by atoms with E-state index in [0.29, 0.717) is 10.0 Å². The largest absolute Gasteiger partial charge is 0.335 e. The van der Waals surface area contributed by atoms with Crippen molar-refractivity contribution in [1.82, 2.24) is 4.90 Å². The van der Waals surface area contributed by atoms with E-state index < -0.39 is 21.7 Å². The Labute approximate surface area is 148 Å². The lowest BCUT2D eigenvalue weighted by molar-refractivity contribution is 0.0738. The average molecular weight is 415 g/mol. The Balaban J connectivity index is 2.25. The Morgan fingerprint density at radius 2 is 1.79 bits per heavy atom. The molecule has 5 nitrogen and oxygen atoms in total. The second-order valence-corrected chi connectivity index (χ2v) is 7.81. The molecule has 128 valence electrons. The normalized spacial score (nSPS) is 12.7. The number of hydrogen-bond donors (Lipinski definition) is 1. The number of carbonyl (C=O) groups is 1. The standard InChI is InChI=1S/C16H16BrFN2O3S/c1-10(11-3-6-13(7-4-11)24(19,22)23)20(2)16(21)14-8-5-12(17)9-15(14)18/h3-10H,1-2H3,(H2,19,22,23)/t10-/m0/s1. The van der Waals surface area contributed by atoms with Crippen LogP contribution in [0.5, 0.6) is 0 Å². The van der Waals surface area contributed by atoms with Crippen LogP contribution in [0.15, 0.2) is 51.8 Å². The molecule has 0 fully saturated rings. The van der Waals surface area contributed by atoms with Crippen molar-refractivity contribution in [2.45, 2.75) is 17.9 Å². The molecule has 0 spiro atoms. The van der Waals surface area contributed by atoms with Crippen LogP contribution in [0.25, 0.3) is 0 Å². The zero-order valence-corrected chi connectivity index (χ0v) is 15.4. The van der Waals surface area contributed by atoms with Crippen LogP contribution in [0, 0.1) is 5.82 Å². The Morgan fingerprint density at radius 1 is 1.21 bits per heavy atom. The summed E-state index contributed by atoms with van der Waals surface area (Å²) < 4.78 is 37.0. The third-order valence-corrected chi connectivity index (χ3v) is 5.18. The van der Waals surface area contributed by atoms with E-state index in [2.05, 4.69) is 15.9 Å². The lowest BCUT2D eigenvalue weighted by Crippen LogP contribution is -2.30. The van der Waals surface area contributed by atoms with Gasteiger partial charge in [-0.25, -0.2) is 17.9 Å². The summed E-state index contributed by atoms with van der Waals surface area (Å²) in [5.74, 6) is -1.08. The number of rotatable bonds is 4. The molecular formula is C16H16BrFN2O3S. The third-order valence-electron chi connectivity index (χ3n) is 3.75. The summed E-state index contributed by atoms with van der Waals surface area (Å²) in [4.78, 5) is 13.9. The molecule has 0 heterocycles. The van der Waals surface area contributed by atoms with E-state index in [1.165, 1.54) is 29.2 Å². The zero-order valence-electron chi connectivity index (χ0n) is 13.0. The van der Waals surface area contributed by atoms with Gasteiger partial charge in [0.1, 0.15) is 5.82 Å². The molecular weight excluding hydrogens is 399 g/mol. The molecule has 2 aromatic carbocycles. The van der Waals surface area contributed by atoms with Gasteiger partial charge in [-0.3, -0.25) is 4.79 Å². The summed E-state index contributed by atoms with van der Waals surface area (Å²) in [6.45, 7) is 1.76. The second kappa shape index (κ2) is 7.00. The van der Waals surface area contributed by atoms with Gasteiger partial charge in [-0.2, -0.15) is 0 Å². The van der Waals surface area contributed by atoms with Gasteiger partial charge >= 0.3 is 0 Å². The first-order valence-corrected chi connectivity index (χ1v) is 9.30. The smallest absolute Gasteiger partial charge is 0.257 e. The SMILES string of the molecule is C[C@@H](c1ccc(S(N)(=O)=O)cc1)N(C)C(=O)c1ccc(Br)cc1F. The van der Waals surface area contributed by atoms with Crippen molar-refractivity contribution >= 4 is 31.9 Å². The van der Waals surface area contributed by atoms with Crippen LogP contribution < -0.4 is 5.14 Å². The number of primary sulfonamides is 1. The van der Waals surface area contributed by atoms with Crippen LogP contribution in [0.2, 0.25) is 0 Å². The second-order valence-electron chi connectivity index (χ2n) is 5.33. The summed E-state index contributed by atoms with van der Waals surface area (Å²) in [5, 5.41) is 5.06. The van der Waals surface area contributed by atoms with E-state index in [1.807, 2.05) is 0 Å². The molecule has 0 saturated carbocycles. The number of sulfonamides is 1. The highest BCUT2D eigenvalue weighted by molar-refractivity contribution is 9.10. The molecule has 0 aliphatic heterocycles. The fourth-order valence-electron chi connectivity index (χ4n) is 2.19. The summed E-state index contributed by atoms with van der Waals surface area (Å²) in [5.41, 5.74) is 0.671. The van der Waals surface area contributed by atoms with Crippen molar-refractivity contribution in [3.8, 4) is 0 Å². The predicted molar refractivity (Wildman–Crippen MR) is 92.4 cm³/mol. The molecule has 0 radical (unpaired) electrons. The highest BCUT2D eigenvalue weighted by Crippen LogP contribution is 2.24. The molecule has 2 aromatic rings. The summed E-state index contributed by atoms with van der Waals surface area (Å²) in [7, 11) is -2.21. The van der Waals surface area contributed by atoms with Crippen molar-refractivity contribution in [2.75, 3.05) is 7.05 Å². The molecule has 2 rings (SSSR count). The van der Waals surface area contributed by atoms with Gasteiger partial charge in [-0.15, -0.1) is 0 Å². The van der Waals surface area contributed by atoms with Crippen molar-refractivity contribution < 1.29 is 17.6 Å². The summed E-state index contributed by atoms with van der Waals surface area (Å²) >= 11 is 3.15. The van der Waals surface area contributed by atoms with Crippen LogP contribution in [0.1, 0.15) is 28.9 Å². The molecule has 0 aromatic heterocycles. The average Bonchev–Trinajstić information content (AvgIpc) is 2.52. The highest BCUT2D eigenvalue weighted by Gasteiger charge is 2.22. The summed E-state index contributed by atoms with van der Waals surface area (Å²) in [6.07, 6.45) is 0. The fourth-order valence-corrected chi connectivity index (χ4v) is 3.04. The van der Waals surface area contributed by atoms with Gasteiger partial charge in [0.2, 0.25) is 10.0 Å². The fraction of sp³-hybridized carbons (Fsp3) is 0.188. The van der Waals surface area contributed by atoms with E-state index in [4.69, 9.17) is 5.14 Å². The lowest BCUT2D eigenvalue weighted by Gasteiger charge is -2.25. The van der Waals surface area contributed by atoms with E-state index in [9.17, 15) is 17.6 Å². The van der Waals surface area contributed by atoms with Gasteiger partial charge in [0, 0.05) is 11.5 Å². The first kappa shape index (κ1) is 18.6. The third kappa shape index (κ3) is 4.00. The summed E-state index contributed by atoms with van der Waals surface area (Å²) in [6, 6.07) is 9.75. The highest BCUT2D eigenvalue weighted by atomic mass is 79.9. The first-order valence-electron chi connectivity index (χ1n) is 6.96. The van der Waals surface area contributed by atoms with Crippen molar-refractivity contribution in [3.05, 3.63) is 63.9 Å². The van der Waals surface area contributed by atoms with E-state index in [1.54, 1.807) is 32.2 Å². The molecule has 0 aliphatic rings. The van der Waals surface area contributed by atoms with Gasteiger partial charge < -0.3 is 4.90 Å². The van der Waals surface area contributed by atoms with Crippen LogP contribution in [0.4, 0.5) is 4.39 Å². The van der Waals surface area contributed by atoms with Crippen molar-refractivity contribution in [1.29, 1.82) is 0 Å². The molecule has 0 bridgehead atoms. The number of benzene rings is 2. The number of amides is 1. The number of hydrogen-bond acceptors (Lipinski definition) is 3. The minimum absolute atomic E-state index is 0.00798. The Bertz CT molecular complexity index is 869. The van der Waals surface area contributed by atoms with Crippen LogP contribution >= 0.6 is 15.9 Å². The van der Waals surface area contributed by atoms with Gasteiger partial charge in [0.15, 0.2) is 0 Å². The Hall–Kier alpha value is -1.77. The minimum atomic E-state index is -3.77. The number of nitrogens with two attached hydrogens (primary N) is 1. The van der Waals surface area contributed by atoms with Crippen LogP contribution in [-0.4, -0.2) is 26.3 Å². The molecule has 1 amide bonds. The van der Waals surface area contributed by atoms with Crippen molar-refractivity contribution in [2.24, 2.45) is 5.14 Å². The van der Waals surface area contributed by atoms with E-state index in [0.717, 1.165) is 0 Å². The Morgan fingerprint density at radius 3 is 2.29 bits per heavy atom.